The molecule has 114 valence electrons. The van der Waals surface area contributed by atoms with Crippen molar-refractivity contribution in [2.45, 2.75) is 78.1 Å². The lowest BCUT2D eigenvalue weighted by Crippen LogP contribution is -2.22. The van der Waals surface area contributed by atoms with Gasteiger partial charge in [-0.3, -0.25) is 0 Å². The quantitative estimate of drug-likeness (QED) is 0.524. The largest absolute Gasteiger partial charge is 0.0654 e. The Morgan fingerprint density at radius 1 is 0.550 bits per heavy atom. The van der Waals surface area contributed by atoms with E-state index in [1.165, 1.54) is 38.5 Å². The second-order valence-electron chi connectivity index (χ2n) is 6.24. The highest BCUT2D eigenvalue weighted by Crippen LogP contribution is 2.39. The summed E-state index contributed by atoms with van der Waals surface area (Å²) in [5.74, 6) is 2.31. The highest BCUT2D eigenvalue weighted by molar-refractivity contribution is 4.99. The molecule has 0 heterocycles. The molecule has 0 aliphatic heterocycles. The molecule has 1 aromatic rings. The van der Waals surface area contributed by atoms with E-state index in [1.54, 1.807) is 25.7 Å². The summed E-state index contributed by atoms with van der Waals surface area (Å²) in [5, 5.41) is 0. The van der Waals surface area contributed by atoms with E-state index in [1.807, 2.05) is 36.4 Å². The Labute approximate surface area is 127 Å². The Balaban J connectivity index is 0.000000172. The van der Waals surface area contributed by atoms with Gasteiger partial charge in [0.1, 0.15) is 0 Å². The van der Waals surface area contributed by atoms with Gasteiger partial charge in [-0.15, -0.1) is 0 Å². The molecule has 0 saturated heterocycles. The van der Waals surface area contributed by atoms with E-state index in [-0.39, 0.29) is 0 Å². The van der Waals surface area contributed by atoms with Gasteiger partial charge >= 0.3 is 0 Å². The standard InChI is InChI=1S/C10H18.C6H6.C4H10/c1-2-6-10-8-4-3-7-9(10)5-1;1-2-4-6-5-3-1;1-3-4-2/h9-10H,1-8H2;1-6H;3-4H2,1-2H3. The Bertz CT molecular complexity index is 235. The van der Waals surface area contributed by atoms with Crippen LogP contribution in [0, 0.1) is 11.8 Å². The van der Waals surface area contributed by atoms with E-state index in [0.717, 1.165) is 11.8 Å². The molecule has 2 aliphatic rings. The van der Waals surface area contributed by atoms with E-state index in [9.17, 15) is 0 Å². The summed E-state index contributed by atoms with van der Waals surface area (Å²) in [7, 11) is 0. The highest BCUT2D eigenvalue weighted by Gasteiger charge is 2.26. The molecule has 0 N–H and O–H groups in total. The Morgan fingerprint density at radius 3 is 1.00 bits per heavy atom. The van der Waals surface area contributed by atoms with E-state index >= 15 is 0 Å². The number of benzene rings is 1. The van der Waals surface area contributed by atoms with Crippen LogP contribution in [0.3, 0.4) is 0 Å². The van der Waals surface area contributed by atoms with Gasteiger partial charge < -0.3 is 0 Å². The third-order valence-electron chi connectivity index (χ3n) is 4.63. The Kier molecular flexibility index (Phi) is 10.4. The Hall–Kier alpha value is -0.780. The number of unbranched alkanes of at least 4 members (excludes halogenated alkanes) is 1. The van der Waals surface area contributed by atoms with Crippen molar-refractivity contribution in [3.8, 4) is 0 Å². The number of fused-ring (bicyclic) bond motifs is 1. The molecular weight excluding hydrogens is 240 g/mol. The summed E-state index contributed by atoms with van der Waals surface area (Å²) < 4.78 is 0. The van der Waals surface area contributed by atoms with Crippen LogP contribution in [-0.2, 0) is 0 Å². The summed E-state index contributed by atoms with van der Waals surface area (Å²) in [6.07, 6.45) is 15.0. The van der Waals surface area contributed by atoms with Crippen molar-refractivity contribution in [1.82, 2.24) is 0 Å². The maximum atomic E-state index is 2.18. The summed E-state index contributed by atoms with van der Waals surface area (Å²) in [6.45, 7) is 4.36. The van der Waals surface area contributed by atoms with Crippen LogP contribution < -0.4 is 0 Å². The summed E-state index contributed by atoms with van der Waals surface area (Å²) in [4.78, 5) is 0. The first-order valence-electron chi connectivity index (χ1n) is 8.88. The fourth-order valence-corrected chi connectivity index (χ4v) is 3.24. The van der Waals surface area contributed by atoms with Crippen molar-refractivity contribution in [3.63, 3.8) is 0 Å². The zero-order chi connectivity index (χ0) is 14.5. The van der Waals surface area contributed by atoms with Crippen molar-refractivity contribution >= 4 is 0 Å². The van der Waals surface area contributed by atoms with Crippen LogP contribution in [0.5, 0.6) is 0 Å². The van der Waals surface area contributed by atoms with E-state index < -0.39 is 0 Å². The molecule has 0 amide bonds. The van der Waals surface area contributed by atoms with Gasteiger partial charge in [-0.05, 0) is 11.8 Å². The summed E-state index contributed by atoms with van der Waals surface area (Å²) in [6, 6.07) is 12.0. The number of hydrogen-bond acceptors (Lipinski definition) is 0. The lowest BCUT2D eigenvalue weighted by atomic mass is 9.71. The van der Waals surface area contributed by atoms with Crippen molar-refractivity contribution in [2.24, 2.45) is 11.8 Å². The van der Waals surface area contributed by atoms with Crippen LogP contribution in [0.15, 0.2) is 36.4 Å². The van der Waals surface area contributed by atoms with Gasteiger partial charge in [0.15, 0.2) is 0 Å². The Morgan fingerprint density at radius 2 is 0.800 bits per heavy atom. The summed E-state index contributed by atoms with van der Waals surface area (Å²) >= 11 is 0. The molecule has 2 fully saturated rings. The van der Waals surface area contributed by atoms with Gasteiger partial charge in [-0.2, -0.15) is 0 Å². The topological polar surface area (TPSA) is 0 Å². The van der Waals surface area contributed by atoms with Crippen LogP contribution in [-0.4, -0.2) is 0 Å². The maximum absolute atomic E-state index is 2.18. The fraction of sp³-hybridized carbons (Fsp3) is 0.700. The van der Waals surface area contributed by atoms with E-state index in [4.69, 9.17) is 0 Å². The first-order valence-corrected chi connectivity index (χ1v) is 8.88. The highest BCUT2D eigenvalue weighted by atomic mass is 14.3. The molecule has 2 saturated carbocycles. The predicted octanol–water partition coefficient (Wildman–Crippen LogP) is 6.86. The monoisotopic (exact) mass is 274 g/mol. The molecule has 0 nitrogen and oxygen atoms in total. The van der Waals surface area contributed by atoms with Crippen molar-refractivity contribution < 1.29 is 0 Å². The molecule has 2 aliphatic carbocycles. The molecule has 1 aromatic carbocycles. The predicted molar refractivity (Wildman–Crippen MR) is 90.9 cm³/mol. The van der Waals surface area contributed by atoms with Crippen molar-refractivity contribution in [2.75, 3.05) is 0 Å². The van der Waals surface area contributed by atoms with Crippen molar-refractivity contribution in [1.29, 1.82) is 0 Å². The van der Waals surface area contributed by atoms with Crippen LogP contribution >= 0.6 is 0 Å². The second kappa shape index (κ2) is 12.0. The molecule has 0 bridgehead atoms. The van der Waals surface area contributed by atoms with Gasteiger partial charge in [0.2, 0.25) is 0 Å². The average Bonchev–Trinajstić information content (AvgIpc) is 2.57. The molecule has 3 rings (SSSR count). The SMILES string of the molecule is C1CCC2CCCCC2C1.CCCC.c1ccccc1. The van der Waals surface area contributed by atoms with Crippen molar-refractivity contribution in [3.05, 3.63) is 36.4 Å². The maximum Gasteiger partial charge on any atom is -0.0386 e. The van der Waals surface area contributed by atoms with Crippen LogP contribution in [0.2, 0.25) is 0 Å². The average molecular weight is 274 g/mol. The van der Waals surface area contributed by atoms with Crippen LogP contribution in [0.4, 0.5) is 0 Å². The molecular formula is C20H34. The first kappa shape index (κ1) is 17.3. The zero-order valence-corrected chi connectivity index (χ0v) is 13.7. The normalized spacial score (nSPS) is 24.3. The molecule has 0 heteroatoms. The number of rotatable bonds is 1. The van der Waals surface area contributed by atoms with Gasteiger partial charge in [0.25, 0.3) is 0 Å². The minimum Gasteiger partial charge on any atom is -0.0654 e. The van der Waals surface area contributed by atoms with Crippen LogP contribution in [0.1, 0.15) is 78.1 Å². The lowest BCUT2D eigenvalue weighted by Gasteiger charge is -2.35. The zero-order valence-electron chi connectivity index (χ0n) is 13.7. The third-order valence-corrected chi connectivity index (χ3v) is 4.63. The molecule has 0 spiro atoms. The molecule has 0 aromatic heterocycles. The minimum atomic E-state index is 1.16. The van der Waals surface area contributed by atoms with Gasteiger partial charge in [-0.1, -0.05) is 114 Å². The minimum absolute atomic E-state index is 1.16. The fourth-order valence-electron chi connectivity index (χ4n) is 3.24. The van der Waals surface area contributed by atoms with Gasteiger partial charge in [-0.25, -0.2) is 0 Å². The second-order valence-corrected chi connectivity index (χ2v) is 6.24. The van der Waals surface area contributed by atoms with Gasteiger partial charge in [0, 0.05) is 0 Å². The third kappa shape index (κ3) is 7.72. The number of hydrogen-bond donors (Lipinski definition) is 0. The van der Waals surface area contributed by atoms with Gasteiger partial charge in [0.05, 0.1) is 0 Å². The molecule has 0 unspecified atom stereocenters. The lowest BCUT2D eigenvalue weighted by molar-refractivity contribution is 0.171. The van der Waals surface area contributed by atoms with Crippen LogP contribution in [0.25, 0.3) is 0 Å². The molecule has 20 heavy (non-hydrogen) atoms. The molecule has 0 atom stereocenters. The summed E-state index contributed by atoms with van der Waals surface area (Å²) in [5.41, 5.74) is 0. The van der Waals surface area contributed by atoms with E-state index in [0.29, 0.717) is 0 Å². The molecule has 0 radical (unpaired) electrons. The first-order chi connectivity index (χ1) is 9.88. The smallest absolute Gasteiger partial charge is 0.0386 e. The van der Waals surface area contributed by atoms with E-state index in [2.05, 4.69) is 13.8 Å².